The minimum atomic E-state index is -0.943. The predicted molar refractivity (Wildman–Crippen MR) is 71.5 cm³/mol. The first-order chi connectivity index (χ1) is 8.95. The van der Waals surface area contributed by atoms with Crippen LogP contribution < -0.4 is 0 Å². The minimum absolute atomic E-state index is 0.110. The second kappa shape index (κ2) is 5.32. The first-order valence-corrected chi connectivity index (χ1v) is 6.99. The number of hydrogen-bond acceptors (Lipinski definition) is 3. The lowest BCUT2D eigenvalue weighted by molar-refractivity contribution is -0.146. The second-order valence-electron chi connectivity index (χ2n) is 4.58. The molecule has 2 rings (SSSR count). The van der Waals surface area contributed by atoms with Crippen LogP contribution in [0, 0.1) is 6.92 Å². The van der Waals surface area contributed by atoms with E-state index in [-0.39, 0.29) is 12.5 Å². The first-order valence-electron chi connectivity index (χ1n) is 6.19. The van der Waals surface area contributed by atoms with E-state index in [2.05, 4.69) is 21.0 Å². The number of rotatable bonds is 4. The largest absolute Gasteiger partial charge is 0.480 e. The van der Waals surface area contributed by atoms with Gasteiger partial charge in [-0.15, -0.1) is 0 Å². The summed E-state index contributed by atoms with van der Waals surface area (Å²) in [6.45, 7) is 4.80. The van der Waals surface area contributed by atoms with Gasteiger partial charge in [-0.25, -0.2) is 4.79 Å². The molecule has 1 unspecified atom stereocenters. The smallest absolute Gasteiger partial charge is 0.326 e. The summed E-state index contributed by atoms with van der Waals surface area (Å²) in [5.74, 6) is -1.05. The van der Waals surface area contributed by atoms with Gasteiger partial charge >= 0.3 is 5.97 Å². The molecule has 1 saturated heterocycles. The number of likely N-dealkylation sites (tertiary alicyclic amines) is 1. The van der Waals surface area contributed by atoms with E-state index in [0.717, 1.165) is 15.9 Å². The zero-order valence-corrected chi connectivity index (χ0v) is 12.5. The number of carboxylic acid groups (broad SMARTS) is 1. The van der Waals surface area contributed by atoms with Crippen LogP contribution in [0.1, 0.15) is 31.2 Å². The zero-order chi connectivity index (χ0) is 14.2. The third-order valence-corrected chi connectivity index (χ3v) is 4.42. The Bertz CT molecular complexity index is 527. The molecule has 1 aromatic rings. The average Bonchev–Trinajstić information content (AvgIpc) is 2.85. The van der Waals surface area contributed by atoms with Gasteiger partial charge in [-0.05, 0) is 36.2 Å². The highest BCUT2D eigenvalue weighted by Gasteiger charge is 2.36. The van der Waals surface area contributed by atoms with Crippen molar-refractivity contribution >= 4 is 27.8 Å². The van der Waals surface area contributed by atoms with Crippen LogP contribution in [0.15, 0.2) is 4.47 Å². The Morgan fingerprint density at radius 2 is 2.26 bits per heavy atom. The zero-order valence-electron chi connectivity index (χ0n) is 10.9. The Balaban J connectivity index is 2.29. The van der Waals surface area contributed by atoms with Crippen molar-refractivity contribution in [3.8, 4) is 0 Å². The minimum Gasteiger partial charge on any atom is -0.480 e. The van der Waals surface area contributed by atoms with Gasteiger partial charge in [0.25, 0.3) is 0 Å². The molecule has 6 nitrogen and oxygen atoms in total. The number of halogens is 1. The van der Waals surface area contributed by atoms with Crippen molar-refractivity contribution in [1.82, 2.24) is 14.7 Å². The molecule has 1 amide bonds. The summed E-state index contributed by atoms with van der Waals surface area (Å²) in [5, 5.41) is 13.5. The molecule has 1 fully saturated rings. The molecule has 7 heteroatoms. The van der Waals surface area contributed by atoms with Crippen molar-refractivity contribution < 1.29 is 14.7 Å². The SMILES string of the molecule is CCn1nc(C)c(Br)c1CN1C(=O)CCC1C(=O)O. The fourth-order valence-corrected chi connectivity index (χ4v) is 2.78. The lowest BCUT2D eigenvalue weighted by atomic mass is 10.2. The van der Waals surface area contributed by atoms with Crippen LogP contribution in [0.2, 0.25) is 0 Å². The van der Waals surface area contributed by atoms with E-state index in [0.29, 0.717) is 19.4 Å². The highest BCUT2D eigenvalue weighted by atomic mass is 79.9. The van der Waals surface area contributed by atoms with E-state index in [1.165, 1.54) is 4.90 Å². The number of hydrogen-bond donors (Lipinski definition) is 1. The number of carbonyl (C=O) groups is 2. The highest BCUT2D eigenvalue weighted by molar-refractivity contribution is 9.10. The molecule has 19 heavy (non-hydrogen) atoms. The molecular weight excluding hydrogens is 314 g/mol. The average molecular weight is 330 g/mol. The summed E-state index contributed by atoms with van der Waals surface area (Å²) in [6.07, 6.45) is 0.679. The maximum atomic E-state index is 11.8. The van der Waals surface area contributed by atoms with Crippen LogP contribution in [-0.4, -0.2) is 37.7 Å². The van der Waals surface area contributed by atoms with Crippen LogP contribution in [0.25, 0.3) is 0 Å². The van der Waals surface area contributed by atoms with E-state index >= 15 is 0 Å². The number of aliphatic carboxylic acids is 1. The third kappa shape index (κ3) is 2.51. The van der Waals surface area contributed by atoms with Gasteiger partial charge in [0.2, 0.25) is 5.91 Å². The molecular formula is C12H16BrN3O3. The summed E-state index contributed by atoms with van der Waals surface area (Å²) >= 11 is 3.46. The molecule has 0 aliphatic carbocycles. The number of nitrogens with zero attached hydrogens (tertiary/aromatic N) is 3. The van der Waals surface area contributed by atoms with Crippen molar-refractivity contribution in [2.45, 2.75) is 45.8 Å². The lowest BCUT2D eigenvalue weighted by Gasteiger charge is -2.22. The summed E-state index contributed by atoms with van der Waals surface area (Å²) in [7, 11) is 0. The highest BCUT2D eigenvalue weighted by Crippen LogP contribution is 2.27. The number of carboxylic acids is 1. The Morgan fingerprint density at radius 3 is 2.84 bits per heavy atom. The molecule has 1 aliphatic rings. The van der Waals surface area contributed by atoms with E-state index in [4.69, 9.17) is 5.11 Å². The Kier molecular flexibility index (Phi) is 3.93. The van der Waals surface area contributed by atoms with Crippen LogP contribution in [0.4, 0.5) is 0 Å². The molecule has 0 spiro atoms. The molecule has 0 aromatic carbocycles. The Morgan fingerprint density at radius 1 is 1.58 bits per heavy atom. The van der Waals surface area contributed by atoms with E-state index < -0.39 is 12.0 Å². The topological polar surface area (TPSA) is 75.4 Å². The summed E-state index contributed by atoms with van der Waals surface area (Å²) < 4.78 is 2.64. The molecule has 1 atom stereocenters. The van der Waals surface area contributed by atoms with Crippen molar-refractivity contribution in [2.75, 3.05) is 0 Å². The molecule has 0 saturated carbocycles. The van der Waals surface area contributed by atoms with E-state index in [9.17, 15) is 9.59 Å². The van der Waals surface area contributed by atoms with Gasteiger partial charge < -0.3 is 10.0 Å². The standard InChI is InChI=1S/C12H16BrN3O3/c1-3-16-9(11(13)7(2)14-16)6-15-8(12(18)19)4-5-10(15)17/h8H,3-6H2,1-2H3,(H,18,19). The van der Waals surface area contributed by atoms with Gasteiger partial charge in [0.1, 0.15) is 6.04 Å². The van der Waals surface area contributed by atoms with Crippen molar-refractivity contribution in [1.29, 1.82) is 0 Å². The molecule has 2 heterocycles. The van der Waals surface area contributed by atoms with Crippen molar-refractivity contribution in [3.05, 3.63) is 15.9 Å². The number of aromatic nitrogens is 2. The lowest BCUT2D eigenvalue weighted by Crippen LogP contribution is -2.38. The predicted octanol–water partition coefficient (Wildman–Crippen LogP) is 1.55. The van der Waals surface area contributed by atoms with Gasteiger partial charge in [0.05, 0.1) is 22.4 Å². The van der Waals surface area contributed by atoms with Crippen LogP contribution in [0.5, 0.6) is 0 Å². The molecule has 0 bridgehead atoms. The number of carbonyl (C=O) groups excluding carboxylic acids is 1. The van der Waals surface area contributed by atoms with Gasteiger partial charge in [-0.3, -0.25) is 9.48 Å². The van der Waals surface area contributed by atoms with E-state index in [1.54, 1.807) is 4.68 Å². The van der Waals surface area contributed by atoms with Gasteiger partial charge in [-0.1, -0.05) is 0 Å². The molecule has 0 radical (unpaired) electrons. The maximum absolute atomic E-state index is 11.8. The Labute approximate surface area is 119 Å². The van der Waals surface area contributed by atoms with Gasteiger partial charge in [0, 0.05) is 13.0 Å². The van der Waals surface area contributed by atoms with Crippen LogP contribution in [-0.2, 0) is 22.7 Å². The molecule has 104 valence electrons. The van der Waals surface area contributed by atoms with E-state index in [1.807, 2.05) is 13.8 Å². The quantitative estimate of drug-likeness (QED) is 0.909. The molecule has 1 N–H and O–H groups in total. The third-order valence-electron chi connectivity index (χ3n) is 3.39. The van der Waals surface area contributed by atoms with Crippen molar-refractivity contribution in [3.63, 3.8) is 0 Å². The molecule has 1 aromatic heterocycles. The van der Waals surface area contributed by atoms with Gasteiger partial charge in [-0.2, -0.15) is 5.10 Å². The molecule has 1 aliphatic heterocycles. The second-order valence-corrected chi connectivity index (χ2v) is 5.37. The number of amides is 1. The normalized spacial score (nSPS) is 19.2. The summed E-state index contributed by atoms with van der Waals surface area (Å²) in [4.78, 5) is 24.4. The fraction of sp³-hybridized carbons (Fsp3) is 0.583. The van der Waals surface area contributed by atoms with Crippen LogP contribution in [0.3, 0.4) is 0 Å². The van der Waals surface area contributed by atoms with Crippen molar-refractivity contribution in [2.24, 2.45) is 0 Å². The monoisotopic (exact) mass is 329 g/mol. The first kappa shape index (κ1) is 14.0. The summed E-state index contributed by atoms with van der Waals surface area (Å²) in [6, 6.07) is -0.722. The fourth-order valence-electron chi connectivity index (χ4n) is 2.37. The maximum Gasteiger partial charge on any atom is 0.326 e. The van der Waals surface area contributed by atoms with Crippen LogP contribution >= 0.6 is 15.9 Å². The number of aryl methyl sites for hydroxylation is 2. The summed E-state index contributed by atoms with van der Waals surface area (Å²) in [5.41, 5.74) is 1.69. The van der Waals surface area contributed by atoms with Gasteiger partial charge in [0.15, 0.2) is 0 Å². The Hall–Kier alpha value is -1.37.